The molecular weight excluding hydrogens is 420 g/mol. The summed E-state index contributed by atoms with van der Waals surface area (Å²) < 4.78 is 10.4. The second-order valence-corrected chi connectivity index (χ2v) is 7.89. The summed E-state index contributed by atoms with van der Waals surface area (Å²) in [5, 5.41) is 8.98. The monoisotopic (exact) mass is 452 g/mol. The summed E-state index contributed by atoms with van der Waals surface area (Å²) in [5.74, 6) is 0.516. The van der Waals surface area contributed by atoms with Crippen molar-refractivity contribution in [3.8, 4) is 5.75 Å². The first kappa shape index (κ1) is 24.3. The zero-order valence-corrected chi connectivity index (χ0v) is 19.7. The Morgan fingerprint density at radius 1 is 1.12 bits per heavy atom. The molecule has 0 radical (unpaired) electrons. The van der Waals surface area contributed by atoms with Gasteiger partial charge < -0.3 is 19.7 Å². The Kier molecular flexibility index (Phi) is 8.43. The number of amides is 3. The number of hydrogen-bond donors (Lipinski definition) is 1. The van der Waals surface area contributed by atoms with Gasteiger partial charge in [0.15, 0.2) is 0 Å². The second kappa shape index (κ2) is 11.5. The van der Waals surface area contributed by atoms with Crippen LogP contribution in [0.25, 0.3) is 0 Å². The topological polar surface area (TPSA) is 83.5 Å². The van der Waals surface area contributed by atoms with Crippen LogP contribution in [0.5, 0.6) is 5.75 Å². The molecule has 1 aliphatic rings. The van der Waals surface area contributed by atoms with Crippen LogP contribution in [-0.4, -0.2) is 68.0 Å². The first-order valence-corrected chi connectivity index (χ1v) is 11.1. The first-order valence-electron chi connectivity index (χ1n) is 11.1. The zero-order chi connectivity index (χ0) is 23.8. The number of methoxy groups -OCH3 is 2. The third-order valence-corrected chi connectivity index (χ3v) is 5.56. The molecule has 0 bridgehead atoms. The molecule has 176 valence electrons. The predicted octanol–water partition coefficient (Wildman–Crippen LogP) is 3.36. The van der Waals surface area contributed by atoms with Crippen LogP contribution >= 0.6 is 0 Å². The summed E-state index contributed by atoms with van der Waals surface area (Å²) in [6.45, 7) is 4.91. The number of aryl methyl sites for hydroxylation is 1. The van der Waals surface area contributed by atoms with Crippen molar-refractivity contribution in [2.45, 2.75) is 26.3 Å². The van der Waals surface area contributed by atoms with Gasteiger partial charge in [0, 0.05) is 26.6 Å². The van der Waals surface area contributed by atoms with Crippen molar-refractivity contribution >= 4 is 17.6 Å². The second-order valence-electron chi connectivity index (χ2n) is 7.89. The number of carbonyl (C=O) groups is 2. The lowest BCUT2D eigenvalue weighted by Crippen LogP contribution is -2.47. The van der Waals surface area contributed by atoms with E-state index < -0.39 is 0 Å². The number of hydrogen-bond acceptors (Lipinski definition) is 5. The standard InChI is InChI=1S/C25H32N4O4/c1-5-26-25(31)28(14-15-32-3)17-24(30)29-23(20-8-6-18(2)7-9-20)16-22(27-29)19-10-12-21(33-4)13-11-19/h6-13,23H,5,14-17H2,1-4H3,(H,26,31)/t23-/m0/s1. The van der Waals surface area contributed by atoms with Gasteiger partial charge in [0.1, 0.15) is 12.3 Å². The third-order valence-electron chi connectivity index (χ3n) is 5.56. The van der Waals surface area contributed by atoms with E-state index in [0.717, 1.165) is 28.2 Å². The SMILES string of the molecule is CCNC(=O)N(CCOC)CC(=O)N1N=C(c2ccc(OC)cc2)C[C@H]1c1ccc(C)cc1. The van der Waals surface area contributed by atoms with Crippen LogP contribution in [-0.2, 0) is 9.53 Å². The molecule has 3 rings (SSSR count). The maximum Gasteiger partial charge on any atom is 0.317 e. The fourth-order valence-electron chi connectivity index (χ4n) is 3.70. The minimum Gasteiger partial charge on any atom is -0.497 e. The van der Waals surface area contributed by atoms with Gasteiger partial charge >= 0.3 is 6.03 Å². The molecule has 0 aromatic heterocycles. The molecule has 8 nitrogen and oxygen atoms in total. The van der Waals surface area contributed by atoms with E-state index in [4.69, 9.17) is 14.6 Å². The number of carbonyl (C=O) groups excluding carboxylic acids is 2. The zero-order valence-electron chi connectivity index (χ0n) is 19.7. The normalized spacial score (nSPS) is 15.2. The highest BCUT2D eigenvalue weighted by Gasteiger charge is 2.34. The number of urea groups is 1. The Balaban J connectivity index is 1.88. The average molecular weight is 453 g/mol. The molecule has 0 saturated carbocycles. The molecule has 2 aromatic carbocycles. The minimum atomic E-state index is -0.298. The van der Waals surface area contributed by atoms with E-state index in [1.807, 2.05) is 62.4 Å². The lowest BCUT2D eigenvalue weighted by molar-refractivity contribution is -0.133. The van der Waals surface area contributed by atoms with Crippen LogP contribution in [0.4, 0.5) is 4.79 Å². The first-order chi connectivity index (χ1) is 16.0. The van der Waals surface area contributed by atoms with E-state index in [-0.39, 0.29) is 24.5 Å². The van der Waals surface area contributed by atoms with Gasteiger partial charge in [-0.3, -0.25) is 4.79 Å². The highest BCUT2D eigenvalue weighted by molar-refractivity contribution is 6.03. The van der Waals surface area contributed by atoms with Gasteiger partial charge in [-0.25, -0.2) is 9.80 Å². The van der Waals surface area contributed by atoms with Gasteiger partial charge in [-0.2, -0.15) is 5.10 Å². The number of benzene rings is 2. The van der Waals surface area contributed by atoms with Gasteiger partial charge in [-0.15, -0.1) is 0 Å². The third kappa shape index (κ3) is 6.10. The molecule has 1 atom stereocenters. The maximum atomic E-state index is 13.4. The molecular formula is C25H32N4O4. The van der Waals surface area contributed by atoms with Gasteiger partial charge in [0.05, 0.1) is 25.5 Å². The van der Waals surface area contributed by atoms with Gasteiger partial charge in [0.2, 0.25) is 0 Å². The molecule has 8 heteroatoms. The van der Waals surface area contributed by atoms with Crippen LogP contribution in [0, 0.1) is 6.92 Å². The largest absolute Gasteiger partial charge is 0.497 e. The van der Waals surface area contributed by atoms with Crippen molar-refractivity contribution in [3.63, 3.8) is 0 Å². The Morgan fingerprint density at radius 2 is 1.82 bits per heavy atom. The Morgan fingerprint density at radius 3 is 2.42 bits per heavy atom. The molecule has 2 aromatic rings. The summed E-state index contributed by atoms with van der Waals surface area (Å²) in [4.78, 5) is 27.3. The minimum absolute atomic E-state index is 0.0864. The van der Waals surface area contributed by atoms with E-state index in [1.54, 1.807) is 14.2 Å². The lowest BCUT2D eigenvalue weighted by atomic mass is 9.97. The lowest BCUT2D eigenvalue weighted by Gasteiger charge is -2.27. The van der Waals surface area contributed by atoms with E-state index >= 15 is 0 Å². The molecule has 0 unspecified atom stereocenters. The highest BCUT2D eigenvalue weighted by atomic mass is 16.5. The number of nitrogens with zero attached hydrogens (tertiary/aromatic N) is 3. The summed E-state index contributed by atoms with van der Waals surface area (Å²) in [7, 11) is 3.19. The molecule has 33 heavy (non-hydrogen) atoms. The summed E-state index contributed by atoms with van der Waals surface area (Å²) in [5.41, 5.74) is 3.90. The molecule has 1 heterocycles. The number of ether oxygens (including phenoxy) is 2. The van der Waals surface area contributed by atoms with Crippen LogP contribution in [0.3, 0.4) is 0 Å². The van der Waals surface area contributed by atoms with Crippen LogP contribution in [0.2, 0.25) is 0 Å². The summed E-state index contributed by atoms with van der Waals surface area (Å²) >= 11 is 0. The fraction of sp³-hybridized carbons (Fsp3) is 0.400. The Hall–Kier alpha value is -3.39. The number of rotatable bonds is 9. The van der Waals surface area contributed by atoms with E-state index in [1.165, 1.54) is 9.91 Å². The molecule has 0 aliphatic carbocycles. The maximum absolute atomic E-state index is 13.4. The fourth-order valence-corrected chi connectivity index (χ4v) is 3.70. The molecule has 0 spiro atoms. The van der Waals surface area contributed by atoms with E-state index in [9.17, 15) is 9.59 Å². The van der Waals surface area contributed by atoms with Crippen molar-refractivity contribution in [2.75, 3.05) is 40.5 Å². The van der Waals surface area contributed by atoms with Crippen molar-refractivity contribution < 1.29 is 19.1 Å². The van der Waals surface area contributed by atoms with Crippen molar-refractivity contribution in [2.24, 2.45) is 5.10 Å². The highest BCUT2D eigenvalue weighted by Crippen LogP contribution is 2.33. The number of hydrazone groups is 1. The van der Waals surface area contributed by atoms with E-state index in [2.05, 4.69) is 5.32 Å². The Bertz CT molecular complexity index is 973. The quantitative estimate of drug-likeness (QED) is 0.632. The molecule has 0 saturated heterocycles. The Labute approximate surface area is 195 Å². The van der Waals surface area contributed by atoms with Crippen LogP contribution in [0.15, 0.2) is 53.6 Å². The molecule has 1 N–H and O–H groups in total. The van der Waals surface area contributed by atoms with Crippen LogP contribution in [0.1, 0.15) is 36.1 Å². The van der Waals surface area contributed by atoms with Crippen molar-refractivity contribution in [1.82, 2.24) is 15.2 Å². The van der Waals surface area contributed by atoms with Crippen LogP contribution < -0.4 is 10.1 Å². The average Bonchev–Trinajstić information content (AvgIpc) is 3.28. The number of nitrogens with one attached hydrogen (secondary N) is 1. The van der Waals surface area contributed by atoms with Gasteiger partial charge in [-0.05, 0) is 49.2 Å². The van der Waals surface area contributed by atoms with Gasteiger partial charge in [0.25, 0.3) is 5.91 Å². The molecule has 1 aliphatic heterocycles. The molecule has 0 fully saturated rings. The smallest absolute Gasteiger partial charge is 0.317 e. The predicted molar refractivity (Wildman–Crippen MR) is 127 cm³/mol. The molecule has 3 amide bonds. The van der Waals surface area contributed by atoms with Gasteiger partial charge in [-0.1, -0.05) is 29.8 Å². The summed E-state index contributed by atoms with van der Waals surface area (Å²) in [6.07, 6.45) is 0.584. The summed E-state index contributed by atoms with van der Waals surface area (Å²) in [6, 6.07) is 15.2. The van der Waals surface area contributed by atoms with E-state index in [0.29, 0.717) is 26.1 Å². The van der Waals surface area contributed by atoms with Crippen molar-refractivity contribution in [3.05, 3.63) is 65.2 Å². The van der Waals surface area contributed by atoms with Crippen molar-refractivity contribution in [1.29, 1.82) is 0 Å².